The molecule has 0 aromatic heterocycles. The van der Waals surface area contributed by atoms with Gasteiger partial charge >= 0.3 is 0 Å². The molecule has 0 saturated heterocycles. The van der Waals surface area contributed by atoms with Gasteiger partial charge in [0.05, 0.1) is 12.7 Å². The van der Waals surface area contributed by atoms with Crippen LogP contribution in [0.25, 0.3) is 0 Å². The smallest absolute Gasteiger partial charge is 0.255 e. The standard InChI is InChI=1S/C17H26N2O3S/c1-5-19(6-2)17(21)14(11-12-23-4)18-16(20)13-9-7-8-10-15(13)22-3/h7-10,14H,5-6,11-12H2,1-4H3,(H,18,20). The molecule has 1 aromatic carbocycles. The Labute approximate surface area is 142 Å². The Bertz CT molecular complexity index is 518. The van der Waals surface area contributed by atoms with Gasteiger partial charge < -0.3 is 15.0 Å². The van der Waals surface area contributed by atoms with Crippen molar-refractivity contribution in [1.82, 2.24) is 10.2 Å². The van der Waals surface area contributed by atoms with Crippen LogP contribution in [0.15, 0.2) is 24.3 Å². The number of hydrogen-bond donors (Lipinski definition) is 1. The number of rotatable bonds is 9. The molecule has 23 heavy (non-hydrogen) atoms. The van der Waals surface area contributed by atoms with E-state index in [1.165, 1.54) is 7.11 Å². The number of carbonyl (C=O) groups excluding carboxylic acids is 2. The summed E-state index contributed by atoms with van der Waals surface area (Å²) in [5.74, 6) is 0.995. The van der Waals surface area contributed by atoms with Gasteiger partial charge in [-0.2, -0.15) is 11.8 Å². The van der Waals surface area contributed by atoms with Crippen LogP contribution in [0.1, 0.15) is 30.6 Å². The molecule has 1 rings (SSSR count). The van der Waals surface area contributed by atoms with Crippen molar-refractivity contribution in [2.24, 2.45) is 0 Å². The molecule has 6 heteroatoms. The second-order valence-electron chi connectivity index (χ2n) is 5.02. The second-order valence-corrected chi connectivity index (χ2v) is 6.00. The van der Waals surface area contributed by atoms with Gasteiger partial charge in [-0.05, 0) is 44.4 Å². The van der Waals surface area contributed by atoms with Crippen LogP contribution in [0.5, 0.6) is 5.75 Å². The maximum absolute atomic E-state index is 12.6. The Hall–Kier alpha value is -1.69. The molecule has 0 aliphatic rings. The van der Waals surface area contributed by atoms with Crippen LogP contribution in [0, 0.1) is 0 Å². The number of likely N-dealkylation sites (N-methyl/N-ethyl adjacent to an activating group) is 1. The third-order valence-corrected chi connectivity index (χ3v) is 4.28. The van der Waals surface area contributed by atoms with Crippen molar-refractivity contribution in [3.05, 3.63) is 29.8 Å². The number of ether oxygens (including phenoxy) is 1. The van der Waals surface area contributed by atoms with E-state index >= 15 is 0 Å². The molecule has 1 unspecified atom stereocenters. The highest BCUT2D eigenvalue weighted by molar-refractivity contribution is 7.98. The lowest BCUT2D eigenvalue weighted by atomic mass is 10.1. The van der Waals surface area contributed by atoms with Crippen LogP contribution in [0.2, 0.25) is 0 Å². The number of nitrogens with zero attached hydrogens (tertiary/aromatic N) is 1. The quantitative estimate of drug-likeness (QED) is 0.751. The van der Waals surface area contributed by atoms with E-state index in [1.807, 2.05) is 26.2 Å². The molecule has 0 radical (unpaired) electrons. The maximum atomic E-state index is 12.6. The van der Waals surface area contributed by atoms with E-state index in [-0.39, 0.29) is 11.8 Å². The molecule has 5 nitrogen and oxygen atoms in total. The van der Waals surface area contributed by atoms with Crippen molar-refractivity contribution in [3.63, 3.8) is 0 Å². The van der Waals surface area contributed by atoms with Crippen molar-refractivity contribution in [2.45, 2.75) is 26.3 Å². The van der Waals surface area contributed by atoms with E-state index in [2.05, 4.69) is 5.32 Å². The summed E-state index contributed by atoms with van der Waals surface area (Å²) >= 11 is 1.66. The maximum Gasteiger partial charge on any atom is 0.255 e. The first-order valence-electron chi connectivity index (χ1n) is 7.80. The fourth-order valence-electron chi connectivity index (χ4n) is 2.32. The third-order valence-electron chi connectivity index (χ3n) is 3.64. The highest BCUT2D eigenvalue weighted by Crippen LogP contribution is 2.17. The summed E-state index contributed by atoms with van der Waals surface area (Å²) in [6.45, 7) is 5.15. The summed E-state index contributed by atoms with van der Waals surface area (Å²) in [7, 11) is 1.53. The number of carbonyl (C=O) groups is 2. The first-order valence-corrected chi connectivity index (χ1v) is 9.19. The van der Waals surface area contributed by atoms with Crippen LogP contribution in [0.3, 0.4) is 0 Å². The Morgan fingerprint density at radius 1 is 1.26 bits per heavy atom. The second kappa shape index (κ2) is 10.2. The van der Waals surface area contributed by atoms with Crippen LogP contribution in [-0.4, -0.2) is 55.0 Å². The van der Waals surface area contributed by atoms with Crippen molar-refractivity contribution < 1.29 is 14.3 Å². The number of hydrogen-bond acceptors (Lipinski definition) is 4. The summed E-state index contributed by atoms with van der Waals surface area (Å²) in [6.07, 6.45) is 2.60. The first-order chi connectivity index (χ1) is 11.1. The number of thioether (sulfide) groups is 1. The summed E-state index contributed by atoms with van der Waals surface area (Å²) in [5, 5.41) is 2.87. The molecule has 0 heterocycles. The van der Waals surface area contributed by atoms with Gasteiger partial charge in [0.1, 0.15) is 11.8 Å². The molecule has 1 atom stereocenters. The molecule has 0 spiro atoms. The monoisotopic (exact) mass is 338 g/mol. The number of benzene rings is 1. The minimum Gasteiger partial charge on any atom is -0.496 e. The van der Waals surface area contributed by atoms with Gasteiger partial charge in [-0.1, -0.05) is 12.1 Å². The molecular formula is C17H26N2O3S. The highest BCUT2D eigenvalue weighted by Gasteiger charge is 2.25. The molecule has 0 aliphatic carbocycles. The minimum atomic E-state index is -0.514. The normalized spacial score (nSPS) is 11.7. The zero-order chi connectivity index (χ0) is 17.2. The van der Waals surface area contributed by atoms with E-state index in [0.717, 1.165) is 5.75 Å². The van der Waals surface area contributed by atoms with Gasteiger partial charge in [0.2, 0.25) is 5.91 Å². The lowest BCUT2D eigenvalue weighted by Crippen LogP contribution is -2.48. The van der Waals surface area contributed by atoms with Crippen LogP contribution in [-0.2, 0) is 4.79 Å². The van der Waals surface area contributed by atoms with E-state index in [4.69, 9.17) is 4.74 Å². The summed E-state index contributed by atoms with van der Waals surface area (Å²) in [6, 6.07) is 6.50. The molecule has 1 aromatic rings. The van der Waals surface area contributed by atoms with E-state index < -0.39 is 6.04 Å². The number of amides is 2. The average molecular weight is 338 g/mol. The minimum absolute atomic E-state index is 0.0349. The SMILES string of the molecule is CCN(CC)C(=O)C(CCSC)NC(=O)c1ccccc1OC. The lowest BCUT2D eigenvalue weighted by Gasteiger charge is -2.26. The Morgan fingerprint density at radius 2 is 1.91 bits per heavy atom. The molecule has 0 fully saturated rings. The van der Waals surface area contributed by atoms with Crippen molar-refractivity contribution in [2.75, 3.05) is 32.2 Å². The molecule has 2 amide bonds. The van der Waals surface area contributed by atoms with Crippen molar-refractivity contribution in [3.8, 4) is 5.75 Å². The number of methoxy groups -OCH3 is 1. The predicted molar refractivity (Wildman–Crippen MR) is 95.2 cm³/mol. The van der Waals surface area contributed by atoms with Crippen LogP contribution in [0.4, 0.5) is 0 Å². The topological polar surface area (TPSA) is 58.6 Å². The van der Waals surface area contributed by atoms with Crippen LogP contribution >= 0.6 is 11.8 Å². The number of para-hydroxylation sites is 1. The van der Waals surface area contributed by atoms with Gasteiger partial charge in [-0.3, -0.25) is 9.59 Å². The lowest BCUT2D eigenvalue weighted by molar-refractivity contribution is -0.132. The molecule has 128 valence electrons. The molecular weight excluding hydrogens is 312 g/mol. The van der Waals surface area contributed by atoms with Gasteiger partial charge in [0.15, 0.2) is 0 Å². The zero-order valence-corrected chi connectivity index (χ0v) is 15.1. The van der Waals surface area contributed by atoms with Gasteiger partial charge in [-0.15, -0.1) is 0 Å². The van der Waals surface area contributed by atoms with Crippen molar-refractivity contribution in [1.29, 1.82) is 0 Å². The van der Waals surface area contributed by atoms with E-state index in [9.17, 15) is 9.59 Å². The zero-order valence-electron chi connectivity index (χ0n) is 14.3. The van der Waals surface area contributed by atoms with Gasteiger partial charge in [-0.25, -0.2) is 0 Å². The molecule has 0 aliphatic heterocycles. The fraction of sp³-hybridized carbons (Fsp3) is 0.529. The average Bonchev–Trinajstić information content (AvgIpc) is 2.59. The molecule has 1 N–H and O–H groups in total. The summed E-state index contributed by atoms with van der Waals surface area (Å²) < 4.78 is 5.22. The van der Waals surface area contributed by atoms with E-state index in [1.54, 1.807) is 34.9 Å². The first kappa shape index (κ1) is 19.4. The molecule has 0 bridgehead atoms. The Balaban J connectivity index is 2.91. The van der Waals surface area contributed by atoms with Gasteiger partial charge in [0, 0.05) is 13.1 Å². The fourth-order valence-corrected chi connectivity index (χ4v) is 2.79. The van der Waals surface area contributed by atoms with E-state index in [0.29, 0.717) is 30.8 Å². The number of nitrogens with one attached hydrogen (secondary N) is 1. The Kier molecular flexibility index (Phi) is 8.55. The highest BCUT2D eigenvalue weighted by atomic mass is 32.2. The summed E-state index contributed by atoms with van der Waals surface area (Å²) in [4.78, 5) is 26.9. The molecule has 0 saturated carbocycles. The third kappa shape index (κ3) is 5.46. The summed E-state index contributed by atoms with van der Waals surface area (Å²) in [5.41, 5.74) is 0.441. The van der Waals surface area contributed by atoms with Crippen LogP contribution < -0.4 is 10.1 Å². The van der Waals surface area contributed by atoms with Crippen molar-refractivity contribution >= 4 is 23.6 Å². The Morgan fingerprint density at radius 3 is 2.48 bits per heavy atom. The largest absolute Gasteiger partial charge is 0.496 e. The van der Waals surface area contributed by atoms with Gasteiger partial charge in [0.25, 0.3) is 5.91 Å². The predicted octanol–water partition coefficient (Wildman–Crippen LogP) is 2.42.